The number of hydrogen-bond acceptors (Lipinski definition) is 4. The molecule has 0 aliphatic rings. The minimum absolute atomic E-state index is 0.219. The Morgan fingerprint density at radius 2 is 1.71 bits per heavy atom. The van der Waals surface area contributed by atoms with Crippen LogP contribution in [-0.4, -0.2) is 15.2 Å². The molecule has 2 heterocycles. The van der Waals surface area contributed by atoms with Crippen LogP contribution in [0.1, 0.15) is 5.56 Å². The summed E-state index contributed by atoms with van der Waals surface area (Å²) < 4.78 is 12.8. The maximum atomic E-state index is 12.8. The first-order valence-corrected chi connectivity index (χ1v) is 7.42. The molecule has 0 atom stereocenters. The van der Waals surface area contributed by atoms with Gasteiger partial charge in [0, 0.05) is 11.9 Å². The van der Waals surface area contributed by atoms with Crippen molar-refractivity contribution >= 4 is 11.8 Å². The third kappa shape index (κ3) is 3.64. The Morgan fingerprint density at radius 3 is 2.38 bits per heavy atom. The van der Waals surface area contributed by atoms with Crippen molar-refractivity contribution < 1.29 is 4.39 Å². The highest BCUT2D eigenvalue weighted by Gasteiger charge is 2.03. The maximum Gasteiger partial charge on any atom is 0.123 e. The summed E-state index contributed by atoms with van der Waals surface area (Å²) in [5.74, 6) is 0.515. The molecule has 1 aromatic carbocycles. The van der Waals surface area contributed by atoms with E-state index in [1.165, 1.54) is 12.1 Å². The minimum atomic E-state index is -0.219. The topological polar surface area (TPSA) is 38.7 Å². The van der Waals surface area contributed by atoms with E-state index >= 15 is 0 Å². The first-order chi connectivity index (χ1) is 10.3. The van der Waals surface area contributed by atoms with E-state index < -0.39 is 0 Å². The highest BCUT2D eigenvalue weighted by Crippen LogP contribution is 2.22. The molecule has 0 radical (unpaired) electrons. The normalized spacial score (nSPS) is 10.5. The van der Waals surface area contributed by atoms with E-state index in [2.05, 4.69) is 15.2 Å². The van der Waals surface area contributed by atoms with Gasteiger partial charge in [-0.05, 0) is 42.0 Å². The van der Waals surface area contributed by atoms with Gasteiger partial charge in [0.05, 0.1) is 5.69 Å². The molecule has 0 aliphatic heterocycles. The number of rotatable bonds is 4. The molecule has 0 unspecified atom stereocenters. The first-order valence-electron chi connectivity index (χ1n) is 6.44. The molecule has 3 rings (SSSR count). The number of nitrogens with zero attached hydrogens (tertiary/aromatic N) is 3. The minimum Gasteiger partial charge on any atom is -0.255 e. The number of benzene rings is 1. The Labute approximate surface area is 126 Å². The summed E-state index contributed by atoms with van der Waals surface area (Å²) in [6, 6.07) is 16.0. The Bertz CT molecular complexity index is 700. The molecule has 0 N–H and O–H groups in total. The van der Waals surface area contributed by atoms with Gasteiger partial charge in [0.15, 0.2) is 0 Å². The zero-order valence-corrected chi connectivity index (χ0v) is 11.9. The maximum absolute atomic E-state index is 12.8. The summed E-state index contributed by atoms with van der Waals surface area (Å²) >= 11 is 1.57. The quantitative estimate of drug-likeness (QED) is 0.683. The molecule has 0 amide bonds. The van der Waals surface area contributed by atoms with Crippen LogP contribution in [0.5, 0.6) is 0 Å². The lowest BCUT2D eigenvalue weighted by atomic mass is 10.2. The van der Waals surface area contributed by atoms with E-state index in [1.54, 1.807) is 30.1 Å². The summed E-state index contributed by atoms with van der Waals surface area (Å²) in [4.78, 5) is 4.24. The molecule has 0 aliphatic carbocycles. The fraction of sp³-hybridized carbons (Fsp3) is 0.0625. The molecule has 3 nitrogen and oxygen atoms in total. The van der Waals surface area contributed by atoms with Gasteiger partial charge >= 0.3 is 0 Å². The van der Waals surface area contributed by atoms with Gasteiger partial charge in [-0.1, -0.05) is 30.0 Å². The van der Waals surface area contributed by atoms with Crippen molar-refractivity contribution in [3.8, 4) is 11.4 Å². The monoisotopic (exact) mass is 297 g/mol. The van der Waals surface area contributed by atoms with Crippen LogP contribution in [0.25, 0.3) is 11.4 Å². The Hall–Kier alpha value is -2.27. The average Bonchev–Trinajstić information content (AvgIpc) is 2.56. The van der Waals surface area contributed by atoms with E-state index in [0.717, 1.165) is 27.7 Å². The summed E-state index contributed by atoms with van der Waals surface area (Å²) in [6.45, 7) is 0. The molecule has 0 saturated heterocycles. The van der Waals surface area contributed by atoms with Crippen LogP contribution < -0.4 is 0 Å². The standard InChI is InChI=1S/C16H12FN3S/c17-13-6-4-12(5-7-13)11-21-16-9-8-15(19-20-16)14-3-1-2-10-18-14/h1-10H,11H2. The molecule has 2 aromatic heterocycles. The Balaban J connectivity index is 1.66. The summed E-state index contributed by atoms with van der Waals surface area (Å²) in [6.07, 6.45) is 1.73. The summed E-state index contributed by atoms with van der Waals surface area (Å²) in [5, 5.41) is 9.20. The van der Waals surface area contributed by atoms with Crippen LogP contribution in [0.3, 0.4) is 0 Å². The average molecular weight is 297 g/mol. The van der Waals surface area contributed by atoms with Crippen LogP contribution >= 0.6 is 11.8 Å². The van der Waals surface area contributed by atoms with Gasteiger partial charge in [-0.15, -0.1) is 10.2 Å². The van der Waals surface area contributed by atoms with Crippen LogP contribution in [0.2, 0.25) is 0 Å². The number of thioether (sulfide) groups is 1. The highest BCUT2D eigenvalue weighted by atomic mass is 32.2. The largest absolute Gasteiger partial charge is 0.255 e. The third-order valence-corrected chi connectivity index (χ3v) is 3.86. The Kier molecular flexibility index (Phi) is 4.21. The van der Waals surface area contributed by atoms with Crippen molar-refractivity contribution in [2.75, 3.05) is 0 Å². The number of hydrogen-bond donors (Lipinski definition) is 0. The molecule has 0 spiro atoms. The third-order valence-electron chi connectivity index (χ3n) is 2.87. The first kappa shape index (κ1) is 13.7. The lowest BCUT2D eigenvalue weighted by Crippen LogP contribution is -1.91. The Morgan fingerprint density at radius 1 is 0.857 bits per heavy atom. The lowest BCUT2D eigenvalue weighted by Gasteiger charge is -2.02. The van der Waals surface area contributed by atoms with Gasteiger partial charge in [0.25, 0.3) is 0 Å². The van der Waals surface area contributed by atoms with Crippen molar-refractivity contribution in [2.24, 2.45) is 0 Å². The van der Waals surface area contributed by atoms with Crippen molar-refractivity contribution in [2.45, 2.75) is 10.8 Å². The molecule has 3 aromatic rings. The highest BCUT2D eigenvalue weighted by molar-refractivity contribution is 7.98. The lowest BCUT2D eigenvalue weighted by molar-refractivity contribution is 0.627. The summed E-state index contributed by atoms with van der Waals surface area (Å²) in [7, 11) is 0. The van der Waals surface area contributed by atoms with Crippen molar-refractivity contribution in [3.05, 3.63) is 72.2 Å². The van der Waals surface area contributed by atoms with Crippen LogP contribution in [0.15, 0.2) is 65.8 Å². The zero-order chi connectivity index (χ0) is 14.5. The smallest absolute Gasteiger partial charge is 0.123 e. The number of pyridine rings is 1. The van der Waals surface area contributed by atoms with E-state index in [1.807, 2.05) is 30.3 Å². The van der Waals surface area contributed by atoms with E-state index in [9.17, 15) is 4.39 Å². The second-order valence-electron chi connectivity index (χ2n) is 4.39. The molecule has 0 fully saturated rings. The zero-order valence-electron chi connectivity index (χ0n) is 11.1. The van der Waals surface area contributed by atoms with Gasteiger partial charge in [0.2, 0.25) is 0 Å². The second kappa shape index (κ2) is 6.45. The molecule has 104 valence electrons. The van der Waals surface area contributed by atoms with E-state index in [4.69, 9.17) is 0 Å². The molecule has 0 bridgehead atoms. The van der Waals surface area contributed by atoms with Crippen LogP contribution in [0.4, 0.5) is 4.39 Å². The predicted molar refractivity (Wildman–Crippen MR) is 81.2 cm³/mol. The second-order valence-corrected chi connectivity index (χ2v) is 5.38. The fourth-order valence-corrected chi connectivity index (χ4v) is 2.56. The van der Waals surface area contributed by atoms with Gasteiger partial charge in [0.1, 0.15) is 16.5 Å². The van der Waals surface area contributed by atoms with Crippen LogP contribution in [-0.2, 0) is 5.75 Å². The van der Waals surface area contributed by atoms with Gasteiger partial charge in [-0.2, -0.15) is 0 Å². The molecule has 0 saturated carbocycles. The van der Waals surface area contributed by atoms with Gasteiger partial charge in [-0.3, -0.25) is 4.98 Å². The molecular formula is C16H12FN3S. The predicted octanol–water partition coefficient (Wildman–Crippen LogP) is 3.97. The van der Waals surface area contributed by atoms with Crippen molar-refractivity contribution in [1.82, 2.24) is 15.2 Å². The molecular weight excluding hydrogens is 285 g/mol. The van der Waals surface area contributed by atoms with Crippen molar-refractivity contribution in [3.63, 3.8) is 0 Å². The van der Waals surface area contributed by atoms with E-state index in [0.29, 0.717) is 0 Å². The van der Waals surface area contributed by atoms with Crippen molar-refractivity contribution in [1.29, 1.82) is 0 Å². The molecule has 21 heavy (non-hydrogen) atoms. The fourth-order valence-electron chi connectivity index (χ4n) is 1.79. The van der Waals surface area contributed by atoms with Crippen LogP contribution in [0, 0.1) is 5.82 Å². The van der Waals surface area contributed by atoms with E-state index in [-0.39, 0.29) is 5.82 Å². The summed E-state index contributed by atoms with van der Waals surface area (Å²) in [5.41, 5.74) is 2.61. The number of halogens is 1. The van der Waals surface area contributed by atoms with Gasteiger partial charge < -0.3 is 0 Å². The molecule has 5 heteroatoms. The van der Waals surface area contributed by atoms with Gasteiger partial charge in [-0.25, -0.2) is 4.39 Å². The SMILES string of the molecule is Fc1ccc(CSc2ccc(-c3ccccn3)nn2)cc1. The number of aromatic nitrogens is 3.